The van der Waals surface area contributed by atoms with Crippen LogP contribution in [0.1, 0.15) is 5.56 Å². The van der Waals surface area contributed by atoms with Crippen molar-refractivity contribution >= 4 is 43.6 Å². The zero-order chi connectivity index (χ0) is 46.9. The topological polar surface area (TPSA) is 59.4 Å². The van der Waals surface area contributed by atoms with Crippen molar-refractivity contribution in [3.63, 3.8) is 0 Å². The number of fused-ring (bicyclic) bond motifs is 6. The van der Waals surface area contributed by atoms with Crippen LogP contribution in [0.5, 0.6) is 0 Å². The Morgan fingerprint density at radius 3 is 1.29 bits per heavy atom. The summed E-state index contributed by atoms with van der Waals surface area (Å²) in [5.74, 6) is -10.6. The highest BCUT2D eigenvalue weighted by atomic mass is 19.2. The Bertz CT molecular complexity index is 4070. The Balaban J connectivity index is 1.17. The third-order valence-electron chi connectivity index (χ3n) is 12.8. The van der Waals surface area contributed by atoms with Gasteiger partial charge in [0.1, 0.15) is 11.6 Å². The van der Waals surface area contributed by atoms with E-state index in [-0.39, 0.29) is 16.8 Å². The van der Waals surface area contributed by atoms with Crippen LogP contribution >= 0.6 is 0 Å². The second-order valence-electron chi connectivity index (χ2n) is 16.6. The van der Waals surface area contributed by atoms with E-state index in [1.807, 2.05) is 174 Å². The molecule has 0 fully saturated rings. The van der Waals surface area contributed by atoms with Crippen LogP contribution in [0, 0.1) is 40.4 Å². The van der Waals surface area contributed by atoms with E-state index >= 15 is 17.6 Å². The number of halogens is 5. The highest BCUT2D eigenvalue weighted by Gasteiger charge is 2.32. The fourth-order valence-electron chi connectivity index (χ4n) is 9.64. The van der Waals surface area contributed by atoms with Gasteiger partial charge < -0.3 is 9.13 Å². The second-order valence-corrected chi connectivity index (χ2v) is 16.6. The molecule has 328 valence electrons. The van der Waals surface area contributed by atoms with Gasteiger partial charge in [0.2, 0.25) is 5.82 Å². The van der Waals surface area contributed by atoms with E-state index in [1.165, 1.54) is 12.1 Å². The summed E-state index contributed by atoms with van der Waals surface area (Å²) in [6, 6.07) is 62.8. The van der Waals surface area contributed by atoms with Gasteiger partial charge in [-0.3, -0.25) is 0 Å². The summed E-state index contributed by atoms with van der Waals surface area (Å²) in [6.07, 6.45) is 0. The highest BCUT2D eigenvalue weighted by Crippen LogP contribution is 2.45. The highest BCUT2D eigenvalue weighted by molar-refractivity contribution is 6.12. The molecule has 0 aliphatic carbocycles. The molecule has 69 heavy (non-hydrogen) atoms. The van der Waals surface area contributed by atoms with Gasteiger partial charge in [0.05, 0.1) is 61.8 Å². The maximum Gasteiger partial charge on any atom is 0.200 e. The molecule has 0 aliphatic heterocycles. The van der Waals surface area contributed by atoms with E-state index in [0.717, 1.165) is 44.2 Å². The molecule has 12 rings (SSSR count). The van der Waals surface area contributed by atoms with Crippen molar-refractivity contribution in [3.8, 4) is 73.6 Å². The molecule has 5 nitrogen and oxygen atoms in total. The van der Waals surface area contributed by atoms with Gasteiger partial charge in [-0.15, -0.1) is 0 Å². The number of para-hydroxylation sites is 2. The number of pyridine rings is 2. The number of hydrogen-bond donors (Lipinski definition) is 0. The van der Waals surface area contributed by atoms with E-state index in [2.05, 4.69) is 6.07 Å². The maximum absolute atomic E-state index is 16.3. The average Bonchev–Trinajstić information content (AvgIpc) is 3.92. The molecular formula is C59H32F5N5. The van der Waals surface area contributed by atoms with Gasteiger partial charge in [-0.25, -0.2) is 31.9 Å². The Kier molecular flexibility index (Phi) is 9.74. The van der Waals surface area contributed by atoms with E-state index in [9.17, 15) is 9.65 Å². The van der Waals surface area contributed by atoms with Gasteiger partial charge in [-0.1, -0.05) is 133 Å². The van der Waals surface area contributed by atoms with Crippen LogP contribution in [0.3, 0.4) is 0 Å². The quantitative estimate of drug-likeness (QED) is 0.0909. The van der Waals surface area contributed by atoms with Crippen molar-refractivity contribution in [1.82, 2.24) is 19.1 Å². The summed E-state index contributed by atoms with van der Waals surface area (Å²) in [7, 11) is 0. The number of nitrogens with zero attached hydrogens (tertiary/aromatic N) is 5. The van der Waals surface area contributed by atoms with Crippen molar-refractivity contribution in [2.45, 2.75) is 0 Å². The lowest BCUT2D eigenvalue weighted by Crippen LogP contribution is -2.10. The summed E-state index contributed by atoms with van der Waals surface area (Å²) < 4.78 is 81.8. The summed E-state index contributed by atoms with van der Waals surface area (Å²) in [6.45, 7) is 0. The molecule has 0 saturated heterocycles. The minimum Gasteiger partial charge on any atom is -0.308 e. The molecule has 0 radical (unpaired) electrons. The Hall–Kier alpha value is -9.20. The fraction of sp³-hybridized carbons (Fsp3) is 0. The number of hydrogen-bond acceptors (Lipinski definition) is 3. The molecule has 0 bridgehead atoms. The first-order chi connectivity index (χ1) is 33.8. The van der Waals surface area contributed by atoms with Crippen LogP contribution in [0.25, 0.3) is 111 Å². The zero-order valence-corrected chi connectivity index (χ0v) is 36.1. The molecule has 0 amide bonds. The minimum atomic E-state index is -2.29. The van der Waals surface area contributed by atoms with Crippen LogP contribution in [0.4, 0.5) is 22.0 Å². The summed E-state index contributed by atoms with van der Waals surface area (Å²) in [5.41, 5.74) is 7.10. The molecule has 0 saturated carbocycles. The normalized spacial score (nSPS) is 11.5. The smallest absolute Gasteiger partial charge is 0.200 e. The summed E-state index contributed by atoms with van der Waals surface area (Å²) in [5, 5.41) is 14.7. The van der Waals surface area contributed by atoms with Gasteiger partial charge in [0, 0.05) is 49.4 Å². The van der Waals surface area contributed by atoms with Crippen molar-refractivity contribution in [1.29, 1.82) is 5.26 Å². The van der Waals surface area contributed by atoms with Gasteiger partial charge in [-0.2, -0.15) is 5.26 Å². The third kappa shape index (κ3) is 6.58. The molecule has 0 spiro atoms. The lowest BCUT2D eigenvalue weighted by atomic mass is 9.96. The Morgan fingerprint density at radius 2 is 0.783 bits per heavy atom. The van der Waals surface area contributed by atoms with Crippen LogP contribution in [-0.2, 0) is 0 Å². The molecule has 0 unspecified atom stereocenters. The van der Waals surface area contributed by atoms with Crippen molar-refractivity contribution < 1.29 is 22.0 Å². The first kappa shape index (κ1) is 41.2. The van der Waals surface area contributed by atoms with E-state index in [0.29, 0.717) is 50.1 Å². The van der Waals surface area contributed by atoms with Gasteiger partial charge in [0.15, 0.2) is 23.3 Å². The van der Waals surface area contributed by atoms with Crippen LogP contribution in [0.15, 0.2) is 194 Å². The molecule has 4 heterocycles. The predicted octanol–water partition coefficient (Wildman–Crippen LogP) is 15.6. The standard InChI is InChI=1S/C59H32F5N5/c60-54-53(55(61)57(63)58(64)56(54)62)42-29-30-50(68-48-23-9-7-17-38(48)40-27-25-36(31-51(40)68)46-21-11-19-44(66-46)34-13-3-1-4-14-34)43(33-65)59(42)69-49-24-10-8-18-39(49)41-28-26-37(32-52(41)69)47-22-12-20-45(67-47)35-15-5-2-6-16-35/h1-32H. The SMILES string of the molecule is N#Cc1c(-n2c3ccccc3c3ccc(-c4cccc(-c5ccccc5)n4)cc32)ccc(-c2c(F)c(F)c(F)c(F)c2F)c1-n1c2ccccc2c2ccc(-c3cccc(-c4ccccc4)n3)cc21. The number of nitriles is 1. The van der Waals surface area contributed by atoms with Crippen LogP contribution < -0.4 is 0 Å². The summed E-state index contributed by atoms with van der Waals surface area (Å²) >= 11 is 0. The molecular weight excluding hydrogens is 874 g/mol. The van der Waals surface area contributed by atoms with Crippen LogP contribution in [-0.4, -0.2) is 19.1 Å². The molecule has 4 aromatic heterocycles. The zero-order valence-electron chi connectivity index (χ0n) is 36.1. The Morgan fingerprint density at radius 1 is 0.362 bits per heavy atom. The molecule has 12 aromatic rings. The predicted molar refractivity (Wildman–Crippen MR) is 262 cm³/mol. The minimum absolute atomic E-state index is 0.0909. The molecule has 0 N–H and O–H groups in total. The first-order valence-corrected chi connectivity index (χ1v) is 22.0. The molecule has 0 aliphatic rings. The van der Waals surface area contributed by atoms with E-state index in [1.54, 1.807) is 16.7 Å². The third-order valence-corrected chi connectivity index (χ3v) is 12.8. The second kappa shape index (κ2) is 16.3. The van der Waals surface area contributed by atoms with Crippen LogP contribution in [0.2, 0.25) is 0 Å². The van der Waals surface area contributed by atoms with E-state index in [4.69, 9.17) is 9.97 Å². The largest absolute Gasteiger partial charge is 0.308 e. The fourth-order valence-corrected chi connectivity index (χ4v) is 9.64. The monoisotopic (exact) mass is 905 g/mol. The molecule has 10 heteroatoms. The van der Waals surface area contributed by atoms with Gasteiger partial charge in [0.25, 0.3) is 0 Å². The summed E-state index contributed by atoms with van der Waals surface area (Å²) in [4.78, 5) is 10.0. The number of aromatic nitrogens is 4. The Labute approximate surface area is 390 Å². The maximum atomic E-state index is 16.3. The average molecular weight is 906 g/mol. The van der Waals surface area contributed by atoms with Crippen molar-refractivity contribution in [2.24, 2.45) is 0 Å². The first-order valence-electron chi connectivity index (χ1n) is 22.0. The lowest BCUT2D eigenvalue weighted by Gasteiger charge is -2.21. The van der Waals surface area contributed by atoms with E-state index < -0.39 is 34.6 Å². The van der Waals surface area contributed by atoms with Gasteiger partial charge >= 0.3 is 0 Å². The lowest BCUT2D eigenvalue weighted by molar-refractivity contribution is 0.381. The van der Waals surface area contributed by atoms with Crippen molar-refractivity contribution in [2.75, 3.05) is 0 Å². The van der Waals surface area contributed by atoms with Crippen molar-refractivity contribution in [3.05, 3.63) is 229 Å². The number of rotatable bonds is 7. The number of benzene rings is 8. The molecule has 8 aromatic carbocycles. The van der Waals surface area contributed by atoms with Gasteiger partial charge in [-0.05, 0) is 60.7 Å². The molecule has 0 atom stereocenters.